The Hall–Kier alpha value is -1.35. The van der Waals surface area contributed by atoms with E-state index in [-0.39, 0.29) is 0 Å². The average Bonchev–Trinajstić information content (AvgIpc) is 2.08. The van der Waals surface area contributed by atoms with Gasteiger partial charge in [-0.15, -0.1) is 0 Å². The Labute approximate surface area is 78.0 Å². The maximum absolute atomic E-state index is 12.8. The quantitative estimate of drug-likeness (QED) is 0.691. The van der Waals surface area contributed by atoms with E-state index in [1.165, 1.54) is 6.07 Å². The van der Waals surface area contributed by atoms with Crippen LogP contribution in [0, 0.1) is 5.82 Å². The lowest BCUT2D eigenvalue weighted by Crippen LogP contribution is -2.09. The van der Waals surface area contributed by atoms with Crippen LogP contribution in [0.2, 0.25) is 5.02 Å². The molecular formula is C9H5ClFNO. The third-order valence-electron chi connectivity index (χ3n) is 1.76. The number of aromatic amines is 1. The van der Waals surface area contributed by atoms with E-state index in [0.29, 0.717) is 15.9 Å². The summed E-state index contributed by atoms with van der Waals surface area (Å²) in [6.45, 7) is 0. The monoisotopic (exact) mass is 197 g/mol. The molecule has 0 bridgehead atoms. The van der Waals surface area contributed by atoms with E-state index in [9.17, 15) is 9.18 Å². The van der Waals surface area contributed by atoms with Crippen molar-refractivity contribution in [1.82, 2.24) is 4.98 Å². The molecule has 4 heteroatoms. The minimum atomic E-state index is -0.783. The van der Waals surface area contributed by atoms with E-state index in [1.54, 1.807) is 18.2 Å². The zero-order valence-electron chi connectivity index (χ0n) is 6.47. The molecule has 1 heterocycles. The summed E-state index contributed by atoms with van der Waals surface area (Å²) in [4.78, 5) is 13.3. The third-order valence-corrected chi connectivity index (χ3v) is 2.00. The predicted octanol–water partition coefficient (Wildman–Crippen LogP) is 2.32. The zero-order valence-corrected chi connectivity index (χ0v) is 7.23. The molecule has 0 radical (unpaired) electrons. The molecule has 0 aliphatic heterocycles. The standard InChI is InChI=1S/C9H5ClFNO/c10-6-2-1-5-3-7(11)9(13)12-8(5)4-6/h1-4H,(H,12,13). The minimum Gasteiger partial charge on any atom is -0.319 e. The molecule has 2 aromatic rings. The van der Waals surface area contributed by atoms with Crippen molar-refractivity contribution in [2.45, 2.75) is 0 Å². The highest BCUT2D eigenvalue weighted by Crippen LogP contribution is 2.16. The summed E-state index contributed by atoms with van der Waals surface area (Å²) in [5.74, 6) is -0.783. The van der Waals surface area contributed by atoms with Crippen molar-refractivity contribution >= 4 is 22.5 Å². The lowest BCUT2D eigenvalue weighted by atomic mass is 10.2. The summed E-state index contributed by atoms with van der Waals surface area (Å²) in [5.41, 5.74) is -0.186. The minimum absolute atomic E-state index is 0.509. The highest BCUT2D eigenvalue weighted by Gasteiger charge is 2.01. The number of aromatic nitrogens is 1. The van der Waals surface area contributed by atoms with Gasteiger partial charge in [-0.05, 0) is 18.2 Å². The fourth-order valence-corrected chi connectivity index (χ4v) is 1.32. The predicted molar refractivity (Wildman–Crippen MR) is 49.5 cm³/mol. The topological polar surface area (TPSA) is 32.9 Å². The molecule has 0 aliphatic rings. The summed E-state index contributed by atoms with van der Waals surface area (Å²) in [7, 11) is 0. The highest BCUT2D eigenvalue weighted by atomic mass is 35.5. The molecule has 0 saturated heterocycles. The highest BCUT2D eigenvalue weighted by molar-refractivity contribution is 6.31. The summed E-state index contributed by atoms with van der Waals surface area (Å²) in [5, 5.41) is 1.14. The van der Waals surface area contributed by atoms with Gasteiger partial charge in [0.15, 0.2) is 5.82 Å². The number of H-pyrrole nitrogens is 1. The van der Waals surface area contributed by atoms with E-state index < -0.39 is 11.4 Å². The van der Waals surface area contributed by atoms with Gasteiger partial charge in [0.05, 0.1) is 0 Å². The van der Waals surface area contributed by atoms with E-state index in [0.717, 1.165) is 0 Å². The first-order valence-corrected chi connectivity index (χ1v) is 4.03. The largest absolute Gasteiger partial charge is 0.319 e. The van der Waals surface area contributed by atoms with Crippen LogP contribution in [0.5, 0.6) is 0 Å². The molecule has 0 unspecified atom stereocenters. The molecule has 0 fully saturated rings. The Kier molecular flexibility index (Phi) is 1.81. The van der Waals surface area contributed by atoms with Gasteiger partial charge in [0.1, 0.15) is 0 Å². The second-order valence-electron chi connectivity index (χ2n) is 2.68. The number of pyridine rings is 1. The maximum Gasteiger partial charge on any atom is 0.284 e. The molecule has 0 amide bonds. The molecule has 1 aromatic carbocycles. The average molecular weight is 198 g/mol. The van der Waals surface area contributed by atoms with Crippen molar-refractivity contribution in [3.05, 3.63) is 45.5 Å². The van der Waals surface area contributed by atoms with Crippen LogP contribution < -0.4 is 5.56 Å². The molecule has 1 N–H and O–H groups in total. The molecular weight excluding hydrogens is 193 g/mol. The Morgan fingerprint density at radius 1 is 1.31 bits per heavy atom. The molecule has 2 rings (SSSR count). The van der Waals surface area contributed by atoms with E-state index in [1.807, 2.05) is 0 Å². The van der Waals surface area contributed by atoms with Crippen LogP contribution in [0.4, 0.5) is 4.39 Å². The second-order valence-corrected chi connectivity index (χ2v) is 3.11. The van der Waals surface area contributed by atoms with Crippen molar-refractivity contribution in [2.24, 2.45) is 0 Å². The van der Waals surface area contributed by atoms with Gasteiger partial charge in [0, 0.05) is 15.9 Å². The number of hydrogen-bond donors (Lipinski definition) is 1. The van der Waals surface area contributed by atoms with E-state index >= 15 is 0 Å². The van der Waals surface area contributed by atoms with Gasteiger partial charge in [-0.3, -0.25) is 4.79 Å². The second kappa shape index (κ2) is 2.85. The van der Waals surface area contributed by atoms with E-state index in [4.69, 9.17) is 11.6 Å². The summed E-state index contributed by atoms with van der Waals surface area (Å²) < 4.78 is 12.8. The molecule has 0 saturated carbocycles. The fraction of sp³-hybridized carbons (Fsp3) is 0. The van der Waals surface area contributed by atoms with Crippen LogP contribution in [-0.4, -0.2) is 4.98 Å². The summed E-state index contributed by atoms with van der Waals surface area (Å²) in [6, 6.07) is 6.06. The van der Waals surface area contributed by atoms with Gasteiger partial charge < -0.3 is 4.98 Å². The number of benzene rings is 1. The molecule has 0 atom stereocenters. The smallest absolute Gasteiger partial charge is 0.284 e. The lowest BCUT2D eigenvalue weighted by Gasteiger charge is -1.97. The van der Waals surface area contributed by atoms with Crippen LogP contribution in [0.25, 0.3) is 10.9 Å². The van der Waals surface area contributed by atoms with Crippen LogP contribution in [0.15, 0.2) is 29.1 Å². The van der Waals surface area contributed by atoms with Gasteiger partial charge in [-0.2, -0.15) is 0 Å². The number of rotatable bonds is 0. The molecule has 0 spiro atoms. The Morgan fingerprint density at radius 2 is 2.08 bits per heavy atom. The fourth-order valence-electron chi connectivity index (χ4n) is 1.15. The van der Waals surface area contributed by atoms with Crippen LogP contribution >= 0.6 is 11.6 Å². The van der Waals surface area contributed by atoms with Crippen molar-refractivity contribution < 1.29 is 4.39 Å². The van der Waals surface area contributed by atoms with Crippen LogP contribution in [-0.2, 0) is 0 Å². The maximum atomic E-state index is 12.8. The van der Waals surface area contributed by atoms with Crippen molar-refractivity contribution in [3.8, 4) is 0 Å². The molecule has 13 heavy (non-hydrogen) atoms. The van der Waals surface area contributed by atoms with Gasteiger partial charge >= 0.3 is 0 Å². The zero-order chi connectivity index (χ0) is 9.42. The number of halogens is 2. The molecule has 2 nitrogen and oxygen atoms in total. The van der Waals surface area contributed by atoms with E-state index in [2.05, 4.69) is 4.98 Å². The molecule has 66 valence electrons. The first-order valence-electron chi connectivity index (χ1n) is 3.65. The molecule has 0 aliphatic carbocycles. The van der Waals surface area contributed by atoms with Gasteiger partial charge in [-0.1, -0.05) is 17.7 Å². The van der Waals surface area contributed by atoms with Gasteiger partial charge in [-0.25, -0.2) is 4.39 Å². The van der Waals surface area contributed by atoms with Crippen molar-refractivity contribution in [3.63, 3.8) is 0 Å². The first kappa shape index (κ1) is 8.26. The number of nitrogens with one attached hydrogen (secondary N) is 1. The molecule has 1 aromatic heterocycles. The third kappa shape index (κ3) is 1.42. The summed E-state index contributed by atoms with van der Waals surface area (Å²) in [6.07, 6.45) is 0. The SMILES string of the molecule is O=c1[nH]c2cc(Cl)ccc2cc1F. The Balaban J connectivity index is 2.89. The Morgan fingerprint density at radius 3 is 2.85 bits per heavy atom. The first-order chi connectivity index (χ1) is 6.16. The van der Waals surface area contributed by atoms with Gasteiger partial charge in [0.25, 0.3) is 5.56 Å². The number of hydrogen-bond acceptors (Lipinski definition) is 1. The normalized spacial score (nSPS) is 10.6. The summed E-state index contributed by atoms with van der Waals surface area (Å²) >= 11 is 5.70. The Bertz CT molecular complexity index is 520. The van der Waals surface area contributed by atoms with Crippen LogP contribution in [0.1, 0.15) is 0 Å². The number of fused-ring (bicyclic) bond motifs is 1. The van der Waals surface area contributed by atoms with Crippen molar-refractivity contribution in [1.29, 1.82) is 0 Å². The lowest BCUT2D eigenvalue weighted by molar-refractivity contribution is 0.612. The van der Waals surface area contributed by atoms with Crippen LogP contribution in [0.3, 0.4) is 0 Å². The van der Waals surface area contributed by atoms with Crippen molar-refractivity contribution in [2.75, 3.05) is 0 Å². The van der Waals surface area contributed by atoms with Gasteiger partial charge in [0.2, 0.25) is 0 Å².